The van der Waals surface area contributed by atoms with E-state index < -0.39 is 0 Å². The molecule has 19 heavy (non-hydrogen) atoms. The van der Waals surface area contributed by atoms with Crippen LogP contribution >= 0.6 is 15.9 Å². The van der Waals surface area contributed by atoms with Crippen LogP contribution in [0.5, 0.6) is 5.75 Å². The van der Waals surface area contributed by atoms with E-state index in [1.807, 2.05) is 12.1 Å². The van der Waals surface area contributed by atoms with Crippen molar-refractivity contribution < 1.29 is 9.84 Å². The second-order valence-electron chi connectivity index (χ2n) is 4.84. The molecular weight excluding hydrogens is 306 g/mol. The fraction of sp³-hybridized carbons (Fsp3) is 0.600. The summed E-state index contributed by atoms with van der Waals surface area (Å²) in [6.07, 6.45) is 1.42. The predicted molar refractivity (Wildman–Crippen MR) is 82.6 cm³/mol. The van der Waals surface area contributed by atoms with Crippen LogP contribution in [0.2, 0.25) is 0 Å². The van der Waals surface area contributed by atoms with Crippen molar-refractivity contribution in [2.24, 2.45) is 0 Å². The maximum Gasteiger partial charge on any atom is 0.125 e. The average Bonchev–Trinajstić information content (AvgIpc) is 2.35. The molecule has 0 fully saturated rings. The fourth-order valence-corrected chi connectivity index (χ4v) is 2.14. The second kappa shape index (κ2) is 8.56. The summed E-state index contributed by atoms with van der Waals surface area (Å²) in [6, 6.07) is 6.35. The molecule has 2 N–H and O–H groups in total. The Bertz CT molecular complexity index is 382. The third-order valence-electron chi connectivity index (χ3n) is 2.94. The lowest BCUT2D eigenvalue weighted by atomic mass is 10.1. The lowest BCUT2D eigenvalue weighted by Crippen LogP contribution is -2.20. The molecule has 0 saturated carbocycles. The van der Waals surface area contributed by atoms with Gasteiger partial charge in [-0.2, -0.15) is 0 Å². The molecule has 0 amide bonds. The molecule has 1 aromatic rings. The molecule has 3 nitrogen and oxygen atoms in total. The van der Waals surface area contributed by atoms with Gasteiger partial charge in [-0.3, -0.25) is 0 Å². The van der Waals surface area contributed by atoms with Crippen LogP contribution in [0.15, 0.2) is 22.7 Å². The molecule has 0 aromatic heterocycles. The molecule has 0 aliphatic heterocycles. The summed E-state index contributed by atoms with van der Waals surface area (Å²) in [5.74, 6) is 0.881. The van der Waals surface area contributed by atoms with Crippen LogP contribution < -0.4 is 10.1 Å². The van der Waals surface area contributed by atoms with E-state index in [1.54, 1.807) is 6.92 Å². The van der Waals surface area contributed by atoms with E-state index in [9.17, 15) is 5.11 Å². The summed E-state index contributed by atoms with van der Waals surface area (Å²) in [6.45, 7) is 7.59. The molecule has 0 saturated heterocycles. The summed E-state index contributed by atoms with van der Waals surface area (Å²) in [4.78, 5) is 0. The molecule has 2 atom stereocenters. The maximum absolute atomic E-state index is 9.28. The van der Waals surface area contributed by atoms with Crippen molar-refractivity contribution in [1.29, 1.82) is 0 Å². The second-order valence-corrected chi connectivity index (χ2v) is 5.76. The van der Waals surface area contributed by atoms with Gasteiger partial charge in [0.25, 0.3) is 0 Å². The van der Waals surface area contributed by atoms with Gasteiger partial charge >= 0.3 is 0 Å². The Labute approximate surface area is 124 Å². The molecule has 0 heterocycles. The fourth-order valence-electron chi connectivity index (χ4n) is 1.80. The summed E-state index contributed by atoms with van der Waals surface area (Å²) >= 11 is 3.47. The first kappa shape index (κ1) is 16.5. The largest absolute Gasteiger partial charge is 0.493 e. The van der Waals surface area contributed by atoms with Crippen LogP contribution in [-0.4, -0.2) is 24.4 Å². The molecule has 4 heteroatoms. The Balaban J connectivity index is 2.73. The third kappa shape index (κ3) is 5.93. The number of hydrogen-bond donors (Lipinski definition) is 2. The van der Waals surface area contributed by atoms with Gasteiger partial charge in [0.1, 0.15) is 5.75 Å². The normalized spacial score (nSPS) is 14.2. The average molecular weight is 330 g/mol. The monoisotopic (exact) mass is 329 g/mol. The molecule has 0 aliphatic carbocycles. The van der Waals surface area contributed by atoms with E-state index in [0.717, 1.165) is 28.8 Å². The van der Waals surface area contributed by atoms with E-state index in [1.165, 1.54) is 0 Å². The van der Waals surface area contributed by atoms with E-state index in [-0.39, 0.29) is 12.1 Å². The van der Waals surface area contributed by atoms with Crippen molar-refractivity contribution in [3.8, 4) is 5.75 Å². The number of halogens is 1. The molecule has 1 rings (SSSR count). The van der Waals surface area contributed by atoms with Crippen LogP contribution in [0.25, 0.3) is 0 Å². The Morgan fingerprint density at radius 2 is 2.11 bits per heavy atom. The van der Waals surface area contributed by atoms with Crippen molar-refractivity contribution in [3.05, 3.63) is 28.2 Å². The number of aliphatic hydroxyl groups excluding tert-OH is 1. The van der Waals surface area contributed by atoms with E-state index in [4.69, 9.17) is 4.74 Å². The summed E-state index contributed by atoms with van der Waals surface area (Å²) in [7, 11) is 0. The molecule has 2 unspecified atom stereocenters. The molecule has 108 valence electrons. The van der Waals surface area contributed by atoms with Crippen molar-refractivity contribution in [2.75, 3.05) is 13.2 Å². The van der Waals surface area contributed by atoms with Crippen molar-refractivity contribution in [1.82, 2.24) is 5.32 Å². The standard InChI is InChI=1S/C15H24BrNO2/c1-4-8-17-12(3)14-6-5-13(16)10-15(14)19-9-7-11(2)18/h5-6,10-12,17-18H,4,7-9H2,1-3H3. The van der Waals surface area contributed by atoms with Crippen LogP contribution in [0.4, 0.5) is 0 Å². The topological polar surface area (TPSA) is 41.5 Å². The molecule has 0 aliphatic rings. The van der Waals surface area contributed by atoms with Gasteiger partial charge in [-0.05, 0) is 38.9 Å². The highest BCUT2D eigenvalue weighted by molar-refractivity contribution is 9.10. The van der Waals surface area contributed by atoms with Gasteiger partial charge in [0.15, 0.2) is 0 Å². The Morgan fingerprint density at radius 3 is 2.74 bits per heavy atom. The third-order valence-corrected chi connectivity index (χ3v) is 3.43. The van der Waals surface area contributed by atoms with Crippen LogP contribution in [-0.2, 0) is 0 Å². The first-order valence-electron chi connectivity index (χ1n) is 6.88. The van der Waals surface area contributed by atoms with Gasteiger partial charge in [0, 0.05) is 22.5 Å². The molecular formula is C15H24BrNO2. The number of nitrogens with one attached hydrogen (secondary N) is 1. The summed E-state index contributed by atoms with van der Waals surface area (Å²) in [5.41, 5.74) is 1.15. The molecule has 1 aromatic carbocycles. The van der Waals surface area contributed by atoms with E-state index >= 15 is 0 Å². The van der Waals surface area contributed by atoms with Crippen molar-refractivity contribution >= 4 is 15.9 Å². The minimum absolute atomic E-state index is 0.259. The zero-order valence-electron chi connectivity index (χ0n) is 11.9. The van der Waals surface area contributed by atoms with Gasteiger partial charge in [0.2, 0.25) is 0 Å². The molecule has 0 spiro atoms. The van der Waals surface area contributed by atoms with Crippen LogP contribution in [0, 0.1) is 0 Å². The quantitative estimate of drug-likeness (QED) is 0.764. The number of ether oxygens (including phenoxy) is 1. The summed E-state index contributed by atoms with van der Waals surface area (Å²) < 4.78 is 6.81. The molecule has 0 radical (unpaired) electrons. The minimum atomic E-state index is -0.328. The maximum atomic E-state index is 9.28. The van der Waals surface area contributed by atoms with Crippen molar-refractivity contribution in [2.45, 2.75) is 45.8 Å². The predicted octanol–water partition coefficient (Wildman–Crippen LogP) is 3.66. The van der Waals surface area contributed by atoms with E-state index in [2.05, 4.69) is 41.2 Å². The highest BCUT2D eigenvalue weighted by Gasteiger charge is 2.12. The first-order chi connectivity index (χ1) is 9.04. The number of benzene rings is 1. The Hall–Kier alpha value is -0.580. The smallest absolute Gasteiger partial charge is 0.125 e. The van der Waals surface area contributed by atoms with Crippen molar-refractivity contribution in [3.63, 3.8) is 0 Å². The lowest BCUT2D eigenvalue weighted by Gasteiger charge is -2.19. The Kier molecular flexibility index (Phi) is 7.42. The number of rotatable bonds is 8. The highest BCUT2D eigenvalue weighted by atomic mass is 79.9. The Morgan fingerprint density at radius 1 is 1.37 bits per heavy atom. The van der Waals surface area contributed by atoms with E-state index in [0.29, 0.717) is 13.0 Å². The first-order valence-corrected chi connectivity index (χ1v) is 7.67. The minimum Gasteiger partial charge on any atom is -0.493 e. The van der Waals surface area contributed by atoms with Gasteiger partial charge < -0.3 is 15.2 Å². The highest BCUT2D eigenvalue weighted by Crippen LogP contribution is 2.29. The van der Waals surface area contributed by atoms with Gasteiger partial charge in [-0.1, -0.05) is 28.9 Å². The lowest BCUT2D eigenvalue weighted by molar-refractivity contribution is 0.155. The van der Waals surface area contributed by atoms with Gasteiger partial charge in [-0.15, -0.1) is 0 Å². The van der Waals surface area contributed by atoms with Crippen LogP contribution in [0.3, 0.4) is 0 Å². The van der Waals surface area contributed by atoms with Crippen LogP contribution in [0.1, 0.15) is 45.2 Å². The summed E-state index contributed by atoms with van der Waals surface area (Å²) in [5, 5.41) is 12.7. The van der Waals surface area contributed by atoms with Gasteiger partial charge in [-0.25, -0.2) is 0 Å². The number of aliphatic hydroxyl groups is 1. The molecule has 0 bridgehead atoms. The zero-order chi connectivity index (χ0) is 14.3. The SMILES string of the molecule is CCCNC(C)c1ccc(Br)cc1OCCC(C)O. The number of hydrogen-bond acceptors (Lipinski definition) is 3. The zero-order valence-corrected chi connectivity index (χ0v) is 13.5. The van der Waals surface area contributed by atoms with Gasteiger partial charge in [0.05, 0.1) is 12.7 Å².